The zero-order valence-corrected chi connectivity index (χ0v) is 11.5. The van der Waals surface area contributed by atoms with Gasteiger partial charge in [-0.15, -0.1) is 0 Å². The van der Waals surface area contributed by atoms with E-state index in [-0.39, 0.29) is 5.75 Å². The first kappa shape index (κ1) is 13.4. The van der Waals surface area contributed by atoms with Crippen LogP contribution in [-0.2, 0) is 0 Å². The van der Waals surface area contributed by atoms with E-state index >= 15 is 0 Å². The van der Waals surface area contributed by atoms with Gasteiger partial charge in [-0.05, 0) is 77.9 Å². The lowest BCUT2D eigenvalue weighted by Crippen LogP contribution is -1.86. The van der Waals surface area contributed by atoms with Crippen molar-refractivity contribution in [2.24, 2.45) is 10.2 Å². The van der Waals surface area contributed by atoms with Gasteiger partial charge >= 0.3 is 0 Å². The van der Waals surface area contributed by atoms with Crippen molar-refractivity contribution in [3.63, 3.8) is 0 Å². The van der Waals surface area contributed by atoms with E-state index in [9.17, 15) is 10.2 Å². The summed E-state index contributed by atoms with van der Waals surface area (Å²) < 4.78 is 0. The van der Waals surface area contributed by atoms with Crippen LogP contribution in [0.15, 0.2) is 52.7 Å². The second-order valence-corrected chi connectivity index (χ2v) is 5.17. The van der Waals surface area contributed by atoms with Gasteiger partial charge in [-0.3, -0.25) is 0 Å². The van der Waals surface area contributed by atoms with Crippen LogP contribution in [-0.4, -0.2) is 22.6 Å². The Morgan fingerprint density at radius 2 is 1.48 bits per heavy atom. The SMILES string of the molecule is Oc1ccc(/C=N/N=C/c2ccc(O)c(C3CC3)c2)cc1. The predicted octanol–water partition coefficient (Wildman–Crippen LogP) is 3.43. The Hall–Kier alpha value is -2.62. The molecule has 2 aromatic rings. The minimum Gasteiger partial charge on any atom is -0.508 e. The summed E-state index contributed by atoms with van der Waals surface area (Å²) in [6.45, 7) is 0. The maximum absolute atomic E-state index is 9.79. The fourth-order valence-corrected chi connectivity index (χ4v) is 2.14. The molecule has 0 radical (unpaired) electrons. The van der Waals surface area contributed by atoms with Gasteiger partial charge in [0.05, 0.1) is 12.4 Å². The molecule has 1 aliphatic carbocycles. The summed E-state index contributed by atoms with van der Waals surface area (Å²) in [5.74, 6) is 1.09. The highest BCUT2D eigenvalue weighted by Gasteiger charge is 2.26. The second-order valence-electron chi connectivity index (χ2n) is 5.17. The summed E-state index contributed by atoms with van der Waals surface area (Å²) in [6, 6.07) is 12.2. The summed E-state index contributed by atoms with van der Waals surface area (Å²) in [7, 11) is 0. The first-order chi connectivity index (χ1) is 10.2. The monoisotopic (exact) mass is 280 g/mol. The molecule has 0 bridgehead atoms. The zero-order chi connectivity index (χ0) is 14.7. The highest BCUT2D eigenvalue weighted by atomic mass is 16.3. The van der Waals surface area contributed by atoms with Crippen molar-refractivity contribution < 1.29 is 10.2 Å². The molecule has 4 heteroatoms. The van der Waals surface area contributed by atoms with Gasteiger partial charge in [0.2, 0.25) is 0 Å². The van der Waals surface area contributed by atoms with Crippen molar-refractivity contribution in [3.05, 3.63) is 59.2 Å². The van der Waals surface area contributed by atoms with E-state index in [2.05, 4.69) is 10.2 Å². The number of phenols is 2. The minimum atomic E-state index is 0.229. The number of phenolic OH excluding ortho intramolecular Hbond substituents is 2. The number of nitrogens with zero attached hydrogens (tertiary/aromatic N) is 2. The maximum Gasteiger partial charge on any atom is 0.119 e. The lowest BCUT2D eigenvalue weighted by Gasteiger charge is -2.02. The van der Waals surface area contributed by atoms with Crippen LogP contribution >= 0.6 is 0 Å². The maximum atomic E-state index is 9.79. The summed E-state index contributed by atoms with van der Waals surface area (Å²) >= 11 is 0. The Morgan fingerprint density at radius 1 is 0.857 bits per heavy atom. The fraction of sp³-hybridized carbons (Fsp3) is 0.176. The highest BCUT2D eigenvalue weighted by molar-refractivity contribution is 5.83. The molecule has 0 amide bonds. The Bertz CT molecular complexity index is 686. The molecule has 1 fully saturated rings. The van der Waals surface area contributed by atoms with Crippen molar-refractivity contribution in [2.75, 3.05) is 0 Å². The van der Waals surface area contributed by atoms with E-state index in [1.807, 2.05) is 12.1 Å². The van der Waals surface area contributed by atoms with Gasteiger partial charge in [0.1, 0.15) is 11.5 Å². The van der Waals surface area contributed by atoms with Crippen molar-refractivity contribution >= 4 is 12.4 Å². The van der Waals surface area contributed by atoms with Gasteiger partial charge in [0.25, 0.3) is 0 Å². The molecule has 3 rings (SSSR count). The lowest BCUT2D eigenvalue weighted by atomic mass is 10.1. The van der Waals surface area contributed by atoms with Crippen LogP contribution in [0, 0.1) is 0 Å². The molecule has 1 saturated carbocycles. The largest absolute Gasteiger partial charge is 0.508 e. The van der Waals surface area contributed by atoms with E-state index in [1.165, 1.54) is 0 Å². The molecule has 106 valence electrons. The topological polar surface area (TPSA) is 65.2 Å². The van der Waals surface area contributed by atoms with Crippen molar-refractivity contribution in [1.82, 2.24) is 0 Å². The molecule has 1 aliphatic rings. The number of hydrogen-bond donors (Lipinski definition) is 2. The second kappa shape index (κ2) is 5.79. The summed E-state index contributed by atoms with van der Waals surface area (Å²) in [6.07, 6.45) is 5.58. The fourth-order valence-electron chi connectivity index (χ4n) is 2.14. The molecule has 2 N–H and O–H groups in total. The van der Waals surface area contributed by atoms with Crippen LogP contribution in [0.3, 0.4) is 0 Å². The minimum absolute atomic E-state index is 0.229. The Morgan fingerprint density at radius 3 is 2.14 bits per heavy atom. The molecule has 4 nitrogen and oxygen atoms in total. The smallest absolute Gasteiger partial charge is 0.119 e. The molecule has 21 heavy (non-hydrogen) atoms. The van der Waals surface area contributed by atoms with E-state index in [1.54, 1.807) is 42.8 Å². The van der Waals surface area contributed by atoms with Gasteiger partial charge in [-0.25, -0.2) is 0 Å². The Labute approximate surface area is 123 Å². The zero-order valence-electron chi connectivity index (χ0n) is 11.5. The number of aromatic hydroxyl groups is 2. The van der Waals surface area contributed by atoms with Crippen molar-refractivity contribution in [3.8, 4) is 11.5 Å². The van der Waals surface area contributed by atoms with Gasteiger partial charge in [0, 0.05) is 0 Å². The average Bonchev–Trinajstić information content (AvgIpc) is 3.32. The third kappa shape index (κ3) is 3.48. The van der Waals surface area contributed by atoms with Crippen molar-refractivity contribution in [1.29, 1.82) is 0 Å². The van der Waals surface area contributed by atoms with Crippen LogP contribution in [0.5, 0.6) is 11.5 Å². The molecule has 0 aromatic heterocycles. The molecular weight excluding hydrogens is 264 g/mol. The molecule has 2 aromatic carbocycles. The Balaban J connectivity index is 1.68. The van der Waals surface area contributed by atoms with Crippen LogP contribution in [0.4, 0.5) is 0 Å². The Kier molecular flexibility index (Phi) is 3.69. The number of hydrogen-bond acceptors (Lipinski definition) is 4. The highest BCUT2D eigenvalue weighted by Crippen LogP contribution is 2.44. The van der Waals surface area contributed by atoms with Crippen LogP contribution < -0.4 is 0 Å². The third-order valence-corrected chi connectivity index (χ3v) is 3.44. The predicted molar refractivity (Wildman–Crippen MR) is 83.4 cm³/mol. The molecule has 0 heterocycles. The third-order valence-electron chi connectivity index (χ3n) is 3.44. The van der Waals surface area contributed by atoms with Gasteiger partial charge in [0.15, 0.2) is 0 Å². The molecule has 0 unspecified atom stereocenters. The normalized spacial score (nSPS) is 15.0. The lowest BCUT2D eigenvalue weighted by molar-refractivity contribution is 0.468. The van der Waals surface area contributed by atoms with Gasteiger partial charge < -0.3 is 10.2 Å². The molecule has 0 spiro atoms. The number of benzene rings is 2. The van der Waals surface area contributed by atoms with Crippen LogP contribution in [0.2, 0.25) is 0 Å². The molecule has 0 aliphatic heterocycles. The van der Waals surface area contributed by atoms with Crippen LogP contribution in [0.1, 0.15) is 35.4 Å². The van der Waals surface area contributed by atoms with E-state index < -0.39 is 0 Å². The first-order valence-electron chi connectivity index (χ1n) is 6.91. The first-order valence-corrected chi connectivity index (χ1v) is 6.91. The molecule has 0 atom stereocenters. The van der Waals surface area contributed by atoms with E-state index in [4.69, 9.17) is 0 Å². The molecular formula is C17H16N2O2. The standard InChI is InChI=1S/C17H16N2O2/c20-15-6-1-12(2-7-15)10-18-19-11-13-3-8-17(21)16(9-13)14-4-5-14/h1-3,6-11,14,20-21H,4-5H2/b18-10+,19-11+. The van der Waals surface area contributed by atoms with E-state index in [0.29, 0.717) is 11.7 Å². The van der Waals surface area contributed by atoms with Gasteiger partial charge in [-0.1, -0.05) is 0 Å². The van der Waals surface area contributed by atoms with Crippen molar-refractivity contribution in [2.45, 2.75) is 18.8 Å². The summed E-state index contributed by atoms with van der Waals surface area (Å²) in [4.78, 5) is 0. The summed E-state index contributed by atoms with van der Waals surface area (Å²) in [5, 5.41) is 27.0. The quantitative estimate of drug-likeness (QED) is 0.665. The van der Waals surface area contributed by atoms with Gasteiger partial charge in [-0.2, -0.15) is 10.2 Å². The summed E-state index contributed by atoms with van der Waals surface area (Å²) in [5.41, 5.74) is 2.80. The average molecular weight is 280 g/mol. The van der Waals surface area contributed by atoms with E-state index in [0.717, 1.165) is 29.5 Å². The number of rotatable bonds is 4. The van der Waals surface area contributed by atoms with Crippen LogP contribution in [0.25, 0.3) is 0 Å². The molecule has 0 saturated heterocycles.